The van der Waals surface area contributed by atoms with E-state index >= 15 is 0 Å². The minimum absolute atomic E-state index is 0.0310. The van der Waals surface area contributed by atoms with Gasteiger partial charge in [0.2, 0.25) is 10.0 Å². The van der Waals surface area contributed by atoms with Crippen molar-refractivity contribution in [3.05, 3.63) is 23.8 Å². The Kier molecular flexibility index (Phi) is 4.87. The summed E-state index contributed by atoms with van der Waals surface area (Å²) in [4.78, 5) is 10.5. The lowest BCUT2D eigenvalue weighted by atomic mass is 10.2. The Labute approximate surface area is 110 Å². The summed E-state index contributed by atoms with van der Waals surface area (Å²) in [6.07, 6.45) is -0.402. The van der Waals surface area contributed by atoms with Crippen LogP contribution in [0, 0.1) is 0 Å². The van der Waals surface area contributed by atoms with E-state index in [1.165, 1.54) is 6.92 Å². The van der Waals surface area contributed by atoms with E-state index in [1.807, 2.05) is 0 Å². The number of sulfonamides is 1. The van der Waals surface area contributed by atoms with Crippen molar-refractivity contribution in [2.45, 2.75) is 24.3 Å². The van der Waals surface area contributed by atoms with E-state index in [0.29, 0.717) is 0 Å². The first-order valence-corrected chi connectivity index (χ1v) is 6.96. The van der Waals surface area contributed by atoms with Crippen molar-refractivity contribution in [1.29, 1.82) is 0 Å². The average Bonchev–Trinajstić information content (AvgIpc) is 2.27. The maximum Gasteiger partial charge on any atom is 0.339 e. The number of phenols is 1. The Morgan fingerprint density at radius 1 is 1.42 bits per heavy atom. The predicted octanol–water partition coefficient (Wildman–Crippen LogP) is 0.140. The van der Waals surface area contributed by atoms with E-state index in [9.17, 15) is 18.3 Å². The van der Waals surface area contributed by atoms with Crippen molar-refractivity contribution in [2.75, 3.05) is 6.54 Å². The van der Waals surface area contributed by atoms with E-state index < -0.39 is 33.4 Å². The zero-order valence-corrected chi connectivity index (χ0v) is 11.0. The standard InChI is InChI=1S/C11H15NO6S/c1-7(13)4-5-12-19(17,18)8-2-3-10(14)9(6-8)11(15)16/h2-3,6-7,12-14H,4-5H2,1H3,(H,15,16). The third kappa shape index (κ3) is 4.19. The van der Waals surface area contributed by atoms with Crippen LogP contribution in [0.3, 0.4) is 0 Å². The summed E-state index contributed by atoms with van der Waals surface area (Å²) in [5, 5.41) is 27.1. The van der Waals surface area contributed by atoms with E-state index in [0.717, 1.165) is 18.2 Å². The molecule has 1 atom stereocenters. The van der Waals surface area contributed by atoms with Crippen LogP contribution >= 0.6 is 0 Å². The molecule has 1 unspecified atom stereocenters. The number of hydrogen-bond acceptors (Lipinski definition) is 5. The molecule has 0 aliphatic carbocycles. The lowest BCUT2D eigenvalue weighted by molar-refractivity contribution is 0.0693. The number of carboxylic acids is 1. The summed E-state index contributed by atoms with van der Waals surface area (Å²) >= 11 is 0. The first-order chi connectivity index (χ1) is 8.74. The fourth-order valence-electron chi connectivity index (χ4n) is 1.34. The van der Waals surface area contributed by atoms with Gasteiger partial charge >= 0.3 is 5.97 Å². The summed E-state index contributed by atoms with van der Waals surface area (Å²) in [5.41, 5.74) is -0.488. The SMILES string of the molecule is CC(O)CCNS(=O)(=O)c1ccc(O)c(C(=O)O)c1. The van der Waals surface area contributed by atoms with Gasteiger partial charge in [0.15, 0.2) is 0 Å². The average molecular weight is 289 g/mol. The van der Waals surface area contributed by atoms with Crippen molar-refractivity contribution >= 4 is 16.0 Å². The fourth-order valence-corrected chi connectivity index (χ4v) is 2.41. The lowest BCUT2D eigenvalue weighted by Crippen LogP contribution is -2.26. The molecule has 0 aromatic heterocycles. The third-order valence-corrected chi connectivity index (χ3v) is 3.82. The number of nitrogens with one attached hydrogen (secondary N) is 1. The zero-order chi connectivity index (χ0) is 14.6. The lowest BCUT2D eigenvalue weighted by Gasteiger charge is -2.09. The highest BCUT2D eigenvalue weighted by Gasteiger charge is 2.18. The van der Waals surface area contributed by atoms with Crippen molar-refractivity contribution in [3.63, 3.8) is 0 Å². The molecule has 4 N–H and O–H groups in total. The second kappa shape index (κ2) is 6.00. The first kappa shape index (κ1) is 15.4. The zero-order valence-electron chi connectivity index (χ0n) is 10.2. The number of aromatic carboxylic acids is 1. The summed E-state index contributed by atoms with van der Waals surface area (Å²) in [5.74, 6) is -1.92. The number of carbonyl (C=O) groups is 1. The highest BCUT2D eigenvalue weighted by atomic mass is 32.2. The third-order valence-electron chi connectivity index (χ3n) is 2.36. The molecule has 1 aromatic rings. The van der Waals surface area contributed by atoms with Crippen LogP contribution in [0.2, 0.25) is 0 Å². The highest BCUT2D eigenvalue weighted by Crippen LogP contribution is 2.21. The smallest absolute Gasteiger partial charge is 0.339 e. The van der Waals surface area contributed by atoms with Crippen LogP contribution in [0.4, 0.5) is 0 Å². The molecule has 0 bridgehead atoms. The number of carboxylic acid groups (broad SMARTS) is 1. The van der Waals surface area contributed by atoms with Crippen molar-refractivity contribution in [3.8, 4) is 5.75 Å². The van der Waals surface area contributed by atoms with Crippen LogP contribution in [-0.2, 0) is 10.0 Å². The Hall–Kier alpha value is -1.64. The van der Waals surface area contributed by atoms with Gasteiger partial charge in [0.25, 0.3) is 0 Å². The van der Waals surface area contributed by atoms with E-state index in [-0.39, 0.29) is 17.9 Å². The Bertz CT molecular complexity index is 567. The molecule has 1 rings (SSSR count). The minimum atomic E-state index is -3.86. The molecule has 0 saturated carbocycles. The highest BCUT2D eigenvalue weighted by molar-refractivity contribution is 7.89. The van der Waals surface area contributed by atoms with Crippen LogP contribution in [-0.4, -0.2) is 42.4 Å². The van der Waals surface area contributed by atoms with Crippen molar-refractivity contribution in [2.24, 2.45) is 0 Å². The number of aromatic hydroxyl groups is 1. The monoisotopic (exact) mass is 289 g/mol. The van der Waals surface area contributed by atoms with E-state index in [2.05, 4.69) is 4.72 Å². The van der Waals surface area contributed by atoms with Gasteiger partial charge in [0.05, 0.1) is 11.0 Å². The molecule has 0 spiro atoms. The van der Waals surface area contributed by atoms with Crippen molar-refractivity contribution < 1.29 is 28.5 Å². The molecular formula is C11H15NO6S. The van der Waals surface area contributed by atoms with Gasteiger partial charge < -0.3 is 15.3 Å². The molecule has 0 amide bonds. The fraction of sp³-hybridized carbons (Fsp3) is 0.364. The van der Waals surface area contributed by atoms with Crippen LogP contribution in [0.15, 0.2) is 23.1 Å². The van der Waals surface area contributed by atoms with Gasteiger partial charge in [-0.3, -0.25) is 0 Å². The second-order valence-corrected chi connectivity index (χ2v) is 5.79. The molecule has 0 fully saturated rings. The van der Waals surface area contributed by atoms with Gasteiger partial charge in [0.1, 0.15) is 11.3 Å². The van der Waals surface area contributed by atoms with Gasteiger partial charge in [-0.1, -0.05) is 0 Å². The van der Waals surface area contributed by atoms with E-state index in [1.54, 1.807) is 0 Å². The van der Waals surface area contributed by atoms with Gasteiger partial charge in [-0.15, -0.1) is 0 Å². The molecule has 106 valence electrons. The maximum absolute atomic E-state index is 11.8. The molecular weight excluding hydrogens is 274 g/mol. The molecule has 1 aromatic carbocycles. The molecule has 19 heavy (non-hydrogen) atoms. The van der Waals surface area contributed by atoms with E-state index in [4.69, 9.17) is 10.2 Å². The number of benzene rings is 1. The largest absolute Gasteiger partial charge is 0.507 e. The number of hydrogen-bond donors (Lipinski definition) is 4. The summed E-state index contributed by atoms with van der Waals surface area (Å²) < 4.78 is 25.9. The Morgan fingerprint density at radius 3 is 2.58 bits per heavy atom. The topological polar surface area (TPSA) is 124 Å². The predicted molar refractivity (Wildman–Crippen MR) is 66.6 cm³/mol. The summed E-state index contributed by atoms with van der Waals surface area (Å²) in [6, 6.07) is 2.99. The molecule has 0 radical (unpaired) electrons. The number of aliphatic hydroxyl groups excluding tert-OH is 1. The Balaban J connectivity index is 2.96. The normalized spacial score (nSPS) is 13.2. The Morgan fingerprint density at radius 2 is 2.05 bits per heavy atom. The quantitative estimate of drug-likeness (QED) is 0.590. The van der Waals surface area contributed by atoms with Crippen LogP contribution < -0.4 is 4.72 Å². The summed E-state index contributed by atoms with van der Waals surface area (Å²) in [6.45, 7) is 1.56. The van der Waals surface area contributed by atoms with Gasteiger partial charge in [-0.2, -0.15) is 0 Å². The number of rotatable bonds is 6. The molecule has 0 aliphatic rings. The number of aliphatic hydroxyl groups is 1. The molecule has 0 heterocycles. The molecule has 7 nitrogen and oxygen atoms in total. The maximum atomic E-state index is 11.8. The van der Waals surface area contributed by atoms with Crippen LogP contribution in [0.1, 0.15) is 23.7 Å². The van der Waals surface area contributed by atoms with Gasteiger partial charge in [-0.05, 0) is 31.5 Å². The van der Waals surface area contributed by atoms with Crippen molar-refractivity contribution in [1.82, 2.24) is 4.72 Å². The first-order valence-electron chi connectivity index (χ1n) is 5.48. The van der Waals surface area contributed by atoms with Gasteiger partial charge in [-0.25, -0.2) is 17.9 Å². The summed E-state index contributed by atoms with van der Waals surface area (Å²) in [7, 11) is -3.86. The minimum Gasteiger partial charge on any atom is -0.507 e. The molecule has 8 heteroatoms. The molecule has 0 aliphatic heterocycles. The van der Waals surface area contributed by atoms with Crippen LogP contribution in [0.5, 0.6) is 5.75 Å². The van der Waals surface area contributed by atoms with Crippen LogP contribution in [0.25, 0.3) is 0 Å². The molecule has 0 saturated heterocycles. The van der Waals surface area contributed by atoms with Gasteiger partial charge in [0, 0.05) is 6.54 Å². The second-order valence-electron chi connectivity index (χ2n) is 4.02.